The molecule has 3 nitrogen and oxygen atoms in total. The summed E-state index contributed by atoms with van der Waals surface area (Å²) in [5.41, 5.74) is 4.75. The van der Waals surface area contributed by atoms with Gasteiger partial charge < -0.3 is 4.74 Å². The number of nitrogens with two attached hydrogens (primary N) is 1. The third-order valence-corrected chi connectivity index (χ3v) is 0.524. The first-order chi connectivity index (χ1) is 4.34. The van der Waals surface area contributed by atoms with Gasteiger partial charge in [0.1, 0.15) is 6.23 Å². The number of hydrogen-bond donors (Lipinski definition) is 1. The van der Waals surface area contributed by atoms with Crippen LogP contribution in [0.2, 0.25) is 0 Å². The highest BCUT2D eigenvalue weighted by atomic mass is 19.4. The van der Waals surface area contributed by atoms with Gasteiger partial charge in [-0.25, -0.2) is 4.79 Å². The van der Waals surface area contributed by atoms with E-state index in [9.17, 15) is 18.0 Å². The molecule has 0 aromatic heterocycles. The van der Waals surface area contributed by atoms with E-state index in [4.69, 9.17) is 5.73 Å². The lowest BCUT2D eigenvalue weighted by molar-refractivity contribution is -0.203. The van der Waals surface area contributed by atoms with Gasteiger partial charge in [-0.15, -0.1) is 0 Å². The molecular weight excluding hydrogens is 151 g/mol. The number of alkyl halides is 3. The first-order valence-corrected chi connectivity index (χ1v) is 2.37. The highest BCUT2D eigenvalue weighted by Crippen LogP contribution is 2.16. The normalized spacial score (nSPS) is 14.5. The van der Waals surface area contributed by atoms with Crippen molar-refractivity contribution in [3.05, 3.63) is 0 Å². The van der Waals surface area contributed by atoms with E-state index in [1.54, 1.807) is 0 Å². The molecule has 0 aromatic carbocycles. The Balaban J connectivity index is 3.87. The van der Waals surface area contributed by atoms with Crippen molar-refractivity contribution in [1.82, 2.24) is 0 Å². The van der Waals surface area contributed by atoms with Gasteiger partial charge in [0.15, 0.2) is 0 Å². The Hall–Kier alpha value is -0.780. The second kappa shape index (κ2) is 2.87. The zero-order valence-corrected chi connectivity index (χ0v) is 5.11. The van der Waals surface area contributed by atoms with Crippen LogP contribution in [0.25, 0.3) is 0 Å². The zero-order chi connectivity index (χ0) is 8.36. The van der Waals surface area contributed by atoms with Gasteiger partial charge in [-0.2, -0.15) is 13.2 Å². The Kier molecular flexibility index (Phi) is 2.65. The van der Waals surface area contributed by atoms with Crippen molar-refractivity contribution < 1.29 is 22.7 Å². The van der Waals surface area contributed by atoms with Crippen LogP contribution < -0.4 is 5.73 Å². The fourth-order valence-corrected chi connectivity index (χ4v) is 0.236. The molecule has 0 aliphatic carbocycles. The molecule has 0 aliphatic heterocycles. The molecule has 6 heteroatoms. The maximum Gasteiger partial charge on any atom is 0.490 e. The standard InChI is InChI=1S/C4H6F3NO2/c1-2(8)10-3(9)4(5,6)7/h2H,8H2,1H3. The monoisotopic (exact) mass is 157 g/mol. The third kappa shape index (κ3) is 3.29. The quantitative estimate of drug-likeness (QED) is 0.442. The summed E-state index contributed by atoms with van der Waals surface area (Å²) in [6, 6.07) is 0. The molecule has 0 saturated heterocycles. The van der Waals surface area contributed by atoms with E-state index >= 15 is 0 Å². The van der Waals surface area contributed by atoms with Crippen LogP contribution in [-0.2, 0) is 9.53 Å². The summed E-state index contributed by atoms with van der Waals surface area (Å²) in [5, 5.41) is 0. The van der Waals surface area contributed by atoms with Crippen molar-refractivity contribution in [1.29, 1.82) is 0 Å². The molecule has 60 valence electrons. The molecule has 0 saturated carbocycles. The number of halogens is 3. The summed E-state index contributed by atoms with van der Waals surface area (Å²) in [4.78, 5) is 9.85. The van der Waals surface area contributed by atoms with Gasteiger partial charge in [0.2, 0.25) is 0 Å². The third-order valence-electron chi connectivity index (χ3n) is 0.524. The number of rotatable bonds is 1. The van der Waals surface area contributed by atoms with Gasteiger partial charge in [-0.1, -0.05) is 0 Å². The van der Waals surface area contributed by atoms with Gasteiger partial charge in [0.25, 0.3) is 0 Å². The van der Waals surface area contributed by atoms with Crippen LogP contribution in [0.3, 0.4) is 0 Å². The molecule has 0 heterocycles. The first kappa shape index (κ1) is 9.22. The van der Waals surface area contributed by atoms with Crippen LogP contribution in [0, 0.1) is 0 Å². The summed E-state index contributed by atoms with van der Waals surface area (Å²) in [5.74, 6) is -2.26. The van der Waals surface area contributed by atoms with E-state index in [1.165, 1.54) is 0 Å². The topological polar surface area (TPSA) is 52.3 Å². The lowest BCUT2D eigenvalue weighted by Gasteiger charge is -2.08. The molecule has 0 spiro atoms. The molecule has 0 aromatic rings. The van der Waals surface area contributed by atoms with E-state index < -0.39 is 18.4 Å². The van der Waals surface area contributed by atoms with Crippen molar-refractivity contribution in [2.24, 2.45) is 5.73 Å². The summed E-state index contributed by atoms with van der Waals surface area (Å²) < 4.78 is 37.5. The van der Waals surface area contributed by atoms with Crippen LogP contribution in [0.5, 0.6) is 0 Å². The van der Waals surface area contributed by atoms with E-state index in [-0.39, 0.29) is 0 Å². The van der Waals surface area contributed by atoms with Gasteiger partial charge in [-0.3, -0.25) is 5.73 Å². The van der Waals surface area contributed by atoms with Crippen molar-refractivity contribution in [2.75, 3.05) is 0 Å². The summed E-state index contributed by atoms with van der Waals surface area (Å²) in [7, 11) is 0. The van der Waals surface area contributed by atoms with Crippen molar-refractivity contribution in [3.63, 3.8) is 0 Å². The average molecular weight is 157 g/mol. The Morgan fingerprint density at radius 3 is 2.10 bits per heavy atom. The summed E-state index contributed by atoms with van der Waals surface area (Å²) in [6.07, 6.45) is -6.18. The van der Waals surface area contributed by atoms with Crippen LogP contribution >= 0.6 is 0 Å². The predicted octanol–water partition coefficient (Wildman–Crippen LogP) is 0.397. The Morgan fingerprint density at radius 1 is 1.60 bits per heavy atom. The second-order valence-electron chi connectivity index (χ2n) is 1.61. The Morgan fingerprint density at radius 2 is 2.00 bits per heavy atom. The molecule has 1 unspecified atom stereocenters. The zero-order valence-electron chi connectivity index (χ0n) is 5.11. The SMILES string of the molecule is CC(N)OC(=O)C(F)(F)F. The maximum atomic E-state index is 11.3. The number of carbonyl (C=O) groups excluding carboxylic acids is 1. The van der Waals surface area contributed by atoms with Gasteiger partial charge in [0, 0.05) is 0 Å². The van der Waals surface area contributed by atoms with Gasteiger partial charge in [0.05, 0.1) is 0 Å². The highest BCUT2D eigenvalue weighted by molar-refractivity contribution is 5.75. The molecular formula is C4H6F3NO2. The average Bonchev–Trinajstić information content (AvgIpc) is 1.60. The van der Waals surface area contributed by atoms with Crippen molar-refractivity contribution >= 4 is 5.97 Å². The molecule has 0 amide bonds. The van der Waals surface area contributed by atoms with Crippen molar-refractivity contribution in [3.8, 4) is 0 Å². The largest absolute Gasteiger partial charge is 0.490 e. The lowest BCUT2D eigenvalue weighted by Crippen LogP contribution is -2.32. The molecule has 0 rings (SSSR count). The molecule has 0 aliphatic rings. The molecule has 1 atom stereocenters. The number of ether oxygens (including phenoxy) is 1. The van der Waals surface area contributed by atoms with Crippen LogP contribution in [0.15, 0.2) is 0 Å². The minimum atomic E-state index is -4.95. The number of esters is 1. The molecule has 0 bridgehead atoms. The van der Waals surface area contributed by atoms with E-state index in [2.05, 4.69) is 4.74 Å². The van der Waals surface area contributed by atoms with Gasteiger partial charge >= 0.3 is 12.1 Å². The Labute approximate surface area is 54.9 Å². The first-order valence-electron chi connectivity index (χ1n) is 2.37. The summed E-state index contributed by atoms with van der Waals surface area (Å²) in [6.45, 7) is 1.13. The predicted molar refractivity (Wildman–Crippen MR) is 25.8 cm³/mol. The second-order valence-corrected chi connectivity index (χ2v) is 1.61. The fourth-order valence-electron chi connectivity index (χ4n) is 0.236. The minimum absolute atomic E-state index is 1.13. The van der Waals surface area contributed by atoms with Gasteiger partial charge in [-0.05, 0) is 6.92 Å². The smallest absolute Gasteiger partial charge is 0.440 e. The lowest BCUT2D eigenvalue weighted by atomic mass is 10.6. The molecule has 2 N–H and O–H groups in total. The molecule has 0 radical (unpaired) electrons. The van der Waals surface area contributed by atoms with E-state index in [0.29, 0.717) is 0 Å². The minimum Gasteiger partial charge on any atom is -0.440 e. The molecule has 10 heavy (non-hydrogen) atoms. The van der Waals surface area contributed by atoms with Crippen molar-refractivity contribution in [2.45, 2.75) is 19.3 Å². The van der Waals surface area contributed by atoms with E-state index in [0.717, 1.165) is 6.92 Å². The maximum absolute atomic E-state index is 11.3. The number of hydrogen-bond acceptors (Lipinski definition) is 3. The molecule has 0 fully saturated rings. The van der Waals surface area contributed by atoms with Crippen LogP contribution in [0.4, 0.5) is 13.2 Å². The summed E-state index contributed by atoms with van der Waals surface area (Å²) >= 11 is 0. The number of carbonyl (C=O) groups is 1. The highest BCUT2D eigenvalue weighted by Gasteiger charge is 2.41. The van der Waals surface area contributed by atoms with Crippen LogP contribution in [0.1, 0.15) is 6.92 Å². The Bertz CT molecular complexity index is 131. The van der Waals surface area contributed by atoms with E-state index in [1.807, 2.05) is 0 Å². The van der Waals surface area contributed by atoms with Crippen LogP contribution in [-0.4, -0.2) is 18.4 Å². The fraction of sp³-hybridized carbons (Fsp3) is 0.750.